The number of aliphatic hydroxyl groups excluding tert-OH is 1. The third-order valence-electron chi connectivity index (χ3n) is 4.30. The van der Waals surface area contributed by atoms with Gasteiger partial charge in [-0.2, -0.15) is 0 Å². The molecule has 1 saturated heterocycles. The van der Waals surface area contributed by atoms with Crippen LogP contribution in [0.5, 0.6) is 5.75 Å². The number of hydrogen-bond donors (Lipinski definition) is 2. The summed E-state index contributed by atoms with van der Waals surface area (Å²) in [5.74, 6) is -0.114. The lowest BCUT2D eigenvalue weighted by Crippen LogP contribution is -2.47. The molecule has 0 radical (unpaired) electrons. The summed E-state index contributed by atoms with van der Waals surface area (Å²) in [6, 6.07) is 1.51. The largest absolute Gasteiger partial charge is 0.503 e. The predicted molar refractivity (Wildman–Crippen MR) is 86.2 cm³/mol. The third-order valence-corrected chi connectivity index (χ3v) is 4.30. The minimum absolute atomic E-state index is 0.114. The van der Waals surface area contributed by atoms with Crippen molar-refractivity contribution in [2.75, 3.05) is 39.3 Å². The molecule has 1 aromatic rings. The zero-order valence-electron chi connectivity index (χ0n) is 13.6. The van der Waals surface area contributed by atoms with Crippen LogP contribution in [0.15, 0.2) is 10.9 Å². The number of aromatic nitrogens is 1. The maximum absolute atomic E-state index is 11.9. The molecule has 124 valence electrons. The number of aryl methyl sites for hydroxylation is 1. The zero-order chi connectivity index (χ0) is 16.1. The van der Waals surface area contributed by atoms with Crippen molar-refractivity contribution < 1.29 is 10.2 Å². The summed E-state index contributed by atoms with van der Waals surface area (Å²) in [6.07, 6.45) is 0.959. The molecule has 0 spiro atoms. The number of rotatable bonds is 6. The first-order valence-electron chi connectivity index (χ1n) is 8.04. The molecule has 1 aliphatic rings. The highest BCUT2D eigenvalue weighted by Gasteiger charge is 2.20. The molecule has 1 fully saturated rings. The highest BCUT2D eigenvalue weighted by atomic mass is 16.3. The van der Waals surface area contributed by atoms with E-state index in [1.807, 2.05) is 6.92 Å². The number of β-amino-alcohol motifs (C(OH)–C–C–N with tert-alkyl or cyclic N) is 1. The first-order chi connectivity index (χ1) is 10.6. The summed E-state index contributed by atoms with van der Waals surface area (Å²) in [5, 5.41) is 19.2. The Morgan fingerprint density at radius 2 is 1.77 bits per heavy atom. The summed E-state index contributed by atoms with van der Waals surface area (Å²) >= 11 is 0. The third kappa shape index (κ3) is 3.88. The second-order valence-corrected chi connectivity index (χ2v) is 5.94. The van der Waals surface area contributed by atoms with Crippen molar-refractivity contribution in [2.24, 2.45) is 0 Å². The van der Waals surface area contributed by atoms with E-state index in [-0.39, 0.29) is 17.8 Å². The van der Waals surface area contributed by atoms with Crippen LogP contribution in [0, 0.1) is 6.92 Å². The van der Waals surface area contributed by atoms with Crippen LogP contribution in [0.2, 0.25) is 0 Å². The van der Waals surface area contributed by atoms with E-state index in [1.165, 1.54) is 6.07 Å². The quantitative estimate of drug-likeness (QED) is 0.795. The van der Waals surface area contributed by atoms with Gasteiger partial charge in [-0.15, -0.1) is 0 Å². The molecule has 0 aromatic carbocycles. The highest BCUT2D eigenvalue weighted by Crippen LogP contribution is 2.18. The normalized spacial score (nSPS) is 17.0. The lowest BCUT2D eigenvalue weighted by molar-refractivity contribution is 0.106. The molecule has 2 N–H and O–H groups in total. The molecule has 6 heteroatoms. The molecule has 0 unspecified atom stereocenters. The van der Waals surface area contributed by atoms with Crippen molar-refractivity contribution in [3.8, 4) is 5.75 Å². The van der Waals surface area contributed by atoms with Crippen molar-refractivity contribution >= 4 is 0 Å². The van der Waals surface area contributed by atoms with Gasteiger partial charge < -0.3 is 14.8 Å². The number of aromatic hydroxyl groups is 1. The van der Waals surface area contributed by atoms with Crippen LogP contribution in [-0.4, -0.2) is 63.9 Å². The average molecular weight is 309 g/mol. The Balaban J connectivity index is 2.14. The van der Waals surface area contributed by atoms with Crippen molar-refractivity contribution in [3.63, 3.8) is 0 Å². The fourth-order valence-corrected chi connectivity index (χ4v) is 3.04. The monoisotopic (exact) mass is 309 g/mol. The van der Waals surface area contributed by atoms with Crippen LogP contribution in [-0.2, 0) is 13.1 Å². The van der Waals surface area contributed by atoms with E-state index in [0.29, 0.717) is 13.1 Å². The Morgan fingerprint density at radius 1 is 1.14 bits per heavy atom. The number of hydrogen-bond acceptors (Lipinski definition) is 5. The fourth-order valence-electron chi connectivity index (χ4n) is 3.04. The molecule has 2 rings (SSSR count). The van der Waals surface area contributed by atoms with Gasteiger partial charge >= 0.3 is 0 Å². The van der Waals surface area contributed by atoms with Crippen LogP contribution < -0.4 is 5.43 Å². The van der Waals surface area contributed by atoms with Gasteiger partial charge in [0.25, 0.3) is 0 Å². The molecule has 6 nitrogen and oxygen atoms in total. The summed E-state index contributed by atoms with van der Waals surface area (Å²) in [5.41, 5.74) is 1.33. The number of pyridine rings is 1. The van der Waals surface area contributed by atoms with Crippen molar-refractivity contribution in [3.05, 3.63) is 27.7 Å². The van der Waals surface area contributed by atoms with E-state index in [0.717, 1.165) is 50.5 Å². The molecule has 1 aliphatic heterocycles. The Hall–Kier alpha value is -1.37. The highest BCUT2D eigenvalue weighted by molar-refractivity contribution is 5.29. The zero-order valence-corrected chi connectivity index (χ0v) is 13.6. The van der Waals surface area contributed by atoms with Gasteiger partial charge in [-0.25, -0.2) is 0 Å². The van der Waals surface area contributed by atoms with Gasteiger partial charge in [0, 0.05) is 57.6 Å². The van der Waals surface area contributed by atoms with Gasteiger partial charge in [0.2, 0.25) is 5.43 Å². The molecule has 22 heavy (non-hydrogen) atoms. The van der Waals surface area contributed by atoms with Crippen LogP contribution in [0.1, 0.15) is 24.7 Å². The second-order valence-electron chi connectivity index (χ2n) is 5.94. The number of aliphatic hydroxyl groups is 1. The Morgan fingerprint density at radius 3 is 2.36 bits per heavy atom. The van der Waals surface area contributed by atoms with Gasteiger partial charge in [-0.3, -0.25) is 14.6 Å². The van der Waals surface area contributed by atoms with E-state index in [4.69, 9.17) is 5.11 Å². The van der Waals surface area contributed by atoms with E-state index < -0.39 is 0 Å². The molecule has 0 saturated carbocycles. The van der Waals surface area contributed by atoms with Crippen LogP contribution >= 0.6 is 0 Å². The number of piperazine rings is 1. The van der Waals surface area contributed by atoms with Gasteiger partial charge in [0.15, 0.2) is 5.75 Å². The van der Waals surface area contributed by atoms with Crippen molar-refractivity contribution in [2.45, 2.75) is 33.4 Å². The standard InChI is InChI=1S/C16H27N3O3/c1-3-4-19-13(2)11-15(21)16(22)14(19)12-18-7-5-17(6-8-18)9-10-20/h11,20,22H,3-10,12H2,1-2H3. The topological polar surface area (TPSA) is 68.9 Å². The first-order valence-corrected chi connectivity index (χ1v) is 8.04. The summed E-state index contributed by atoms with van der Waals surface area (Å²) in [4.78, 5) is 16.4. The Kier molecular flexibility index (Phi) is 5.99. The van der Waals surface area contributed by atoms with E-state index in [2.05, 4.69) is 21.3 Å². The second kappa shape index (κ2) is 7.76. The van der Waals surface area contributed by atoms with E-state index in [1.54, 1.807) is 0 Å². The lowest BCUT2D eigenvalue weighted by atomic mass is 10.2. The number of nitrogens with zero attached hydrogens (tertiary/aromatic N) is 3. The van der Waals surface area contributed by atoms with Gasteiger partial charge in [-0.05, 0) is 13.3 Å². The van der Waals surface area contributed by atoms with Gasteiger partial charge in [0.1, 0.15) is 0 Å². The molecule has 0 aliphatic carbocycles. The molecule has 0 amide bonds. The SMILES string of the molecule is CCCn1c(C)cc(=O)c(O)c1CN1CCN(CCO)CC1. The average Bonchev–Trinajstić information content (AvgIpc) is 2.50. The Labute approximate surface area is 131 Å². The molecular formula is C16H27N3O3. The predicted octanol–water partition coefficient (Wildman–Crippen LogP) is 0.382. The Bertz CT molecular complexity index is 548. The maximum Gasteiger partial charge on any atom is 0.223 e. The summed E-state index contributed by atoms with van der Waals surface area (Å²) < 4.78 is 2.05. The van der Waals surface area contributed by atoms with Crippen LogP contribution in [0.3, 0.4) is 0 Å². The smallest absolute Gasteiger partial charge is 0.223 e. The van der Waals surface area contributed by atoms with Crippen LogP contribution in [0.4, 0.5) is 0 Å². The minimum atomic E-state index is -0.293. The molecule has 2 heterocycles. The van der Waals surface area contributed by atoms with Crippen molar-refractivity contribution in [1.82, 2.24) is 14.4 Å². The van der Waals surface area contributed by atoms with Gasteiger partial charge in [-0.1, -0.05) is 6.92 Å². The summed E-state index contributed by atoms with van der Waals surface area (Å²) in [7, 11) is 0. The van der Waals surface area contributed by atoms with E-state index >= 15 is 0 Å². The fraction of sp³-hybridized carbons (Fsp3) is 0.688. The molecule has 0 bridgehead atoms. The lowest BCUT2D eigenvalue weighted by Gasteiger charge is -2.35. The maximum atomic E-state index is 11.9. The van der Waals surface area contributed by atoms with Gasteiger partial charge in [0.05, 0.1) is 12.3 Å². The molecular weight excluding hydrogens is 282 g/mol. The summed E-state index contributed by atoms with van der Waals surface area (Å²) in [6.45, 7) is 9.89. The van der Waals surface area contributed by atoms with Crippen LogP contribution in [0.25, 0.3) is 0 Å². The van der Waals surface area contributed by atoms with Crippen molar-refractivity contribution in [1.29, 1.82) is 0 Å². The van der Waals surface area contributed by atoms with E-state index in [9.17, 15) is 9.90 Å². The first kappa shape index (κ1) is 17.0. The molecule has 0 atom stereocenters. The minimum Gasteiger partial charge on any atom is -0.503 e. The molecule has 1 aromatic heterocycles.